The third-order valence-electron chi connectivity index (χ3n) is 2.54. The van der Waals surface area contributed by atoms with Gasteiger partial charge >= 0.3 is 0 Å². The summed E-state index contributed by atoms with van der Waals surface area (Å²) in [7, 11) is 0. The highest BCUT2D eigenvalue weighted by Gasteiger charge is 2.10. The molecule has 0 heterocycles. The van der Waals surface area contributed by atoms with E-state index in [9.17, 15) is 14.9 Å². The summed E-state index contributed by atoms with van der Waals surface area (Å²) in [6.07, 6.45) is 1.25. The van der Waals surface area contributed by atoms with Crippen molar-refractivity contribution in [1.29, 1.82) is 0 Å². The molecular formula is C14H11N3O3. The maximum absolute atomic E-state index is 11.7. The van der Waals surface area contributed by atoms with Crippen molar-refractivity contribution in [3.05, 3.63) is 75.8 Å². The lowest BCUT2D eigenvalue weighted by atomic mass is 10.2. The molecule has 0 saturated carbocycles. The molecule has 0 bridgehead atoms. The van der Waals surface area contributed by atoms with Crippen molar-refractivity contribution in [1.82, 2.24) is 5.43 Å². The minimum Gasteiger partial charge on any atom is -0.267 e. The highest BCUT2D eigenvalue weighted by Crippen LogP contribution is 2.14. The van der Waals surface area contributed by atoms with E-state index in [4.69, 9.17) is 0 Å². The molecule has 100 valence electrons. The van der Waals surface area contributed by atoms with E-state index in [1.165, 1.54) is 12.3 Å². The monoisotopic (exact) mass is 269 g/mol. The van der Waals surface area contributed by atoms with Crippen molar-refractivity contribution in [3.63, 3.8) is 0 Å². The fraction of sp³-hybridized carbons (Fsp3) is 0. The number of carbonyl (C=O) groups is 1. The standard InChI is InChI=1S/C14H11N3O3/c18-14(11-6-2-1-3-7-11)16-15-10-12-8-4-5-9-13(12)17(19)20/h1-10H,(H,16,18). The number of nitro groups is 1. The van der Waals surface area contributed by atoms with Gasteiger partial charge in [0.15, 0.2) is 0 Å². The van der Waals surface area contributed by atoms with E-state index in [-0.39, 0.29) is 11.6 Å². The van der Waals surface area contributed by atoms with Crippen LogP contribution in [0.1, 0.15) is 15.9 Å². The van der Waals surface area contributed by atoms with Crippen molar-refractivity contribution in [2.45, 2.75) is 0 Å². The molecule has 0 atom stereocenters. The molecule has 6 nitrogen and oxygen atoms in total. The molecule has 0 saturated heterocycles. The van der Waals surface area contributed by atoms with Crippen LogP contribution in [0.15, 0.2) is 59.7 Å². The largest absolute Gasteiger partial charge is 0.278 e. The zero-order valence-corrected chi connectivity index (χ0v) is 10.4. The molecule has 0 aliphatic heterocycles. The minimum atomic E-state index is -0.500. The second kappa shape index (κ2) is 6.24. The lowest BCUT2D eigenvalue weighted by molar-refractivity contribution is -0.385. The average Bonchev–Trinajstić information content (AvgIpc) is 2.48. The topological polar surface area (TPSA) is 84.6 Å². The van der Waals surface area contributed by atoms with Gasteiger partial charge in [0.25, 0.3) is 11.6 Å². The Morgan fingerprint density at radius 1 is 1.10 bits per heavy atom. The van der Waals surface area contributed by atoms with Crippen molar-refractivity contribution >= 4 is 17.8 Å². The summed E-state index contributed by atoms with van der Waals surface area (Å²) in [6, 6.07) is 14.7. The number of nitrogens with one attached hydrogen (secondary N) is 1. The van der Waals surface area contributed by atoms with Crippen LogP contribution in [-0.2, 0) is 0 Å². The van der Waals surface area contributed by atoms with Gasteiger partial charge in [0.2, 0.25) is 0 Å². The first-order valence-corrected chi connectivity index (χ1v) is 5.80. The first-order valence-electron chi connectivity index (χ1n) is 5.80. The number of para-hydroxylation sites is 1. The Bertz CT molecular complexity index is 654. The normalized spacial score (nSPS) is 10.4. The van der Waals surface area contributed by atoms with E-state index in [1.54, 1.807) is 48.5 Å². The van der Waals surface area contributed by atoms with Gasteiger partial charge in [0.05, 0.1) is 16.7 Å². The Hall–Kier alpha value is -3.02. The average molecular weight is 269 g/mol. The van der Waals surface area contributed by atoms with Crippen LogP contribution in [0.2, 0.25) is 0 Å². The summed E-state index contributed by atoms with van der Waals surface area (Å²) < 4.78 is 0. The molecule has 2 rings (SSSR count). The van der Waals surface area contributed by atoms with Gasteiger partial charge in [-0.15, -0.1) is 0 Å². The molecule has 2 aromatic carbocycles. The molecule has 2 aromatic rings. The van der Waals surface area contributed by atoms with Crippen LogP contribution in [-0.4, -0.2) is 17.0 Å². The van der Waals surface area contributed by atoms with Crippen molar-refractivity contribution < 1.29 is 9.72 Å². The van der Waals surface area contributed by atoms with Crippen LogP contribution in [0.3, 0.4) is 0 Å². The number of nitrogens with zero attached hydrogens (tertiary/aromatic N) is 2. The number of rotatable bonds is 4. The summed E-state index contributed by atoms with van der Waals surface area (Å²) in [6.45, 7) is 0. The lowest BCUT2D eigenvalue weighted by Gasteiger charge is -1.99. The van der Waals surface area contributed by atoms with Crippen LogP contribution in [0.5, 0.6) is 0 Å². The fourth-order valence-electron chi connectivity index (χ4n) is 1.58. The third-order valence-corrected chi connectivity index (χ3v) is 2.54. The van der Waals surface area contributed by atoms with Gasteiger partial charge in [0, 0.05) is 11.6 Å². The Balaban J connectivity index is 2.08. The summed E-state index contributed by atoms with van der Waals surface area (Å²) in [4.78, 5) is 22.0. The molecule has 0 fully saturated rings. The van der Waals surface area contributed by atoms with Gasteiger partial charge in [-0.3, -0.25) is 14.9 Å². The van der Waals surface area contributed by atoms with Crippen molar-refractivity contribution in [3.8, 4) is 0 Å². The van der Waals surface area contributed by atoms with E-state index < -0.39 is 4.92 Å². The predicted octanol–water partition coefficient (Wildman–Crippen LogP) is 2.36. The molecule has 0 unspecified atom stereocenters. The molecule has 1 N–H and O–H groups in total. The summed E-state index contributed by atoms with van der Waals surface area (Å²) in [5.41, 5.74) is 3.05. The molecule has 1 amide bonds. The van der Waals surface area contributed by atoms with E-state index in [2.05, 4.69) is 10.5 Å². The van der Waals surface area contributed by atoms with Gasteiger partial charge in [-0.05, 0) is 18.2 Å². The molecule has 0 aromatic heterocycles. The molecule has 20 heavy (non-hydrogen) atoms. The second-order valence-electron chi connectivity index (χ2n) is 3.88. The second-order valence-corrected chi connectivity index (χ2v) is 3.88. The molecular weight excluding hydrogens is 258 g/mol. The first kappa shape index (κ1) is 13.4. The zero-order chi connectivity index (χ0) is 14.4. The molecule has 0 aliphatic carbocycles. The Labute approximate surface area is 114 Å². The highest BCUT2D eigenvalue weighted by atomic mass is 16.6. The Morgan fingerprint density at radius 2 is 1.75 bits per heavy atom. The summed E-state index contributed by atoms with van der Waals surface area (Å²) >= 11 is 0. The maximum atomic E-state index is 11.7. The van der Waals surface area contributed by atoms with Crippen LogP contribution in [0.4, 0.5) is 5.69 Å². The van der Waals surface area contributed by atoms with Gasteiger partial charge in [-0.25, -0.2) is 5.43 Å². The number of hydrazone groups is 1. The molecule has 0 aliphatic rings. The van der Waals surface area contributed by atoms with Gasteiger partial charge in [-0.1, -0.05) is 30.3 Å². The highest BCUT2D eigenvalue weighted by molar-refractivity contribution is 5.95. The van der Waals surface area contributed by atoms with E-state index in [0.717, 1.165) is 0 Å². The first-order chi connectivity index (χ1) is 9.68. The molecule has 0 radical (unpaired) electrons. The molecule has 6 heteroatoms. The Morgan fingerprint density at radius 3 is 2.45 bits per heavy atom. The van der Waals surface area contributed by atoms with Crippen LogP contribution in [0.25, 0.3) is 0 Å². The van der Waals surface area contributed by atoms with Crippen LogP contribution in [0, 0.1) is 10.1 Å². The zero-order valence-electron chi connectivity index (χ0n) is 10.4. The number of nitro benzene ring substituents is 1. The van der Waals surface area contributed by atoms with E-state index in [0.29, 0.717) is 11.1 Å². The Kier molecular flexibility index (Phi) is 4.18. The van der Waals surface area contributed by atoms with Crippen LogP contribution >= 0.6 is 0 Å². The number of carbonyl (C=O) groups excluding carboxylic acids is 1. The van der Waals surface area contributed by atoms with E-state index >= 15 is 0 Å². The minimum absolute atomic E-state index is 0.0646. The predicted molar refractivity (Wildman–Crippen MR) is 74.6 cm³/mol. The molecule has 0 spiro atoms. The SMILES string of the molecule is O=C(NN=Cc1ccccc1[N+](=O)[O-])c1ccccc1. The van der Waals surface area contributed by atoms with Gasteiger partial charge in [0.1, 0.15) is 0 Å². The van der Waals surface area contributed by atoms with Gasteiger partial charge < -0.3 is 0 Å². The smallest absolute Gasteiger partial charge is 0.267 e. The summed E-state index contributed by atoms with van der Waals surface area (Å²) in [5, 5.41) is 14.5. The quantitative estimate of drug-likeness (QED) is 0.525. The third kappa shape index (κ3) is 3.26. The number of hydrogen-bond donors (Lipinski definition) is 1. The van der Waals surface area contributed by atoms with Crippen molar-refractivity contribution in [2.24, 2.45) is 5.10 Å². The number of hydrogen-bond acceptors (Lipinski definition) is 4. The van der Waals surface area contributed by atoms with E-state index in [1.807, 2.05) is 0 Å². The number of amides is 1. The number of benzene rings is 2. The van der Waals surface area contributed by atoms with Gasteiger partial charge in [-0.2, -0.15) is 5.10 Å². The van der Waals surface area contributed by atoms with Crippen molar-refractivity contribution in [2.75, 3.05) is 0 Å². The maximum Gasteiger partial charge on any atom is 0.278 e. The van der Waals surface area contributed by atoms with Crippen LogP contribution < -0.4 is 5.43 Å². The lowest BCUT2D eigenvalue weighted by Crippen LogP contribution is -2.17. The summed E-state index contributed by atoms with van der Waals surface area (Å²) in [5.74, 6) is -0.375. The fourth-order valence-corrected chi connectivity index (χ4v) is 1.58.